The van der Waals surface area contributed by atoms with Gasteiger partial charge in [-0.15, -0.1) is 0 Å². The minimum absolute atomic E-state index is 0.207. The summed E-state index contributed by atoms with van der Waals surface area (Å²) in [5.41, 5.74) is 0.893. The fraction of sp³-hybridized carbons (Fsp3) is 0.417. The van der Waals surface area contributed by atoms with Gasteiger partial charge < -0.3 is 14.2 Å². The Hall–Kier alpha value is -1.55. The molecular formula is C12H16O4. The van der Waals surface area contributed by atoms with E-state index in [0.29, 0.717) is 19.0 Å². The molecule has 0 saturated heterocycles. The summed E-state index contributed by atoms with van der Waals surface area (Å²) in [6.45, 7) is 4.95. The molecule has 4 heteroatoms. The molecule has 88 valence electrons. The van der Waals surface area contributed by atoms with Gasteiger partial charge in [0.1, 0.15) is 12.4 Å². The Balaban J connectivity index is 2.32. The van der Waals surface area contributed by atoms with Crippen LogP contribution in [0.3, 0.4) is 0 Å². The van der Waals surface area contributed by atoms with Gasteiger partial charge in [0, 0.05) is 6.61 Å². The second-order valence-corrected chi connectivity index (χ2v) is 3.16. The molecule has 1 rings (SSSR count). The number of benzene rings is 1. The van der Waals surface area contributed by atoms with Crippen LogP contribution >= 0.6 is 0 Å². The average molecular weight is 224 g/mol. The van der Waals surface area contributed by atoms with E-state index >= 15 is 0 Å². The fourth-order valence-electron chi connectivity index (χ4n) is 1.12. The lowest BCUT2D eigenvalue weighted by molar-refractivity contribution is 0.0559. The van der Waals surface area contributed by atoms with Crippen LogP contribution in [0.4, 0.5) is 4.79 Å². The molecule has 0 amide bonds. The van der Waals surface area contributed by atoms with Crippen molar-refractivity contribution in [2.45, 2.75) is 13.8 Å². The van der Waals surface area contributed by atoms with Crippen molar-refractivity contribution in [3.63, 3.8) is 0 Å². The van der Waals surface area contributed by atoms with Gasteiger partial charge in [-0.05, 0) is 25.5 Å². The van der Waals surface area contributed by atoms with Crippen LogP contribution in [0.15, 0.2) is 24.3 Å². The van der Waals surface area contributed by atoms with Crippen LogP contribution in [0.2, 0.25) is 0 Å². The van der Waals surface area contributed by atoms with E-state index < -0.39 is 6.16 Å². The number of ether oxygens (including phenoxy) is 3. The van der Waals surface area contributed by atoms with Crippen molar-refractivity contribution in [1.82, 2.24) is 0 Å². The molecule has 0 fully saturated rings. The second kappa shape index (κ2) is 6.85. The van der Waals surface area contributed by atoms with Gasteiger partial charge in [0.15, 0.2) is 0 Å². The fourth-order valence-corrected chi connectivity index (χ4v) is 1.12. The zero-order valence-electron chi connectivity index (χ0n) is 9.56. The molecule has 16 heavy (non-hydrogen) atoms. The number of hydrogen-bond acceptors (Lipinski definition) is 4. The van der Waals surface area contributed by atoms with Crippen LogP contribution in [0.1, 0.15) is 12.5 Å². The minimum Gasteiger partial charge on any atom is -0.432 e. The van der Waals surface area contributed by atoms with E-state index in [1.54, 1.807) is 12.1 Å². The van der Waals surface area contributed by atoms with E-state index in [0.717, 1.165) is 5.56 Å². The van der Waals surface area contributed by atoms with Crippen molar-refractivity contribution < 1.29 is 19.0 Å². The van der Waals surface area contributed by atoms with Crippen LogP contribution in [0.25, 0.3) is 0 Å². The van der Waals surface area contributed by atoms with E-state index in [2.05, 4.69) is 0 Å². The normalized spacial score (nSPS) is 9.88. The lowest BCUT2D eigenvalue weighted by Gasteiger charge is -2.07. The highest BCUT2D eigenvalue weighted by Gasteiger charge is 2.07. The number of carbonyl (C=O) groups is 1. The van der Waals surface area contributed by atoms with Gasteiger partial charge in [0.2, 0.25) is 0 Å². The Morgan fingerprint density at radius 2 is 2.00 bits per heavy atom. The summed E-state index contributed by atoms with van der Waals surface area (Å²) >= 11 is 0. The highest BCUT2D eigenvalue weighted by atomic mass is 16.7. The van der Waals surface area contributed by atoms with Crippen molar-refractivity contribution in [1.29, 1.82) is 0 Å². The molecule has 0 aliphatic heterocycles. The van der Waals surface area contributed by atoms with Crippen LogP contribution < -0.4 is 4.74 Å². The summed E-state index contributed by atoms with van der Waals surface area (Å²) in [6.07, 6.45) is -0.700. The van der Waals surface area contributed by atoms with Gasteiger partial charge in [-0.3, -0.25) is 0 Å². The Morgan fingerprint density at radius 1 is 1.25 bits per heavy atom. The number of hydrogen-bond donors (Lipinski definition) is 0. The van der Waals surface area contributed by atoms with Gasteiger partial charge in [-0.2, -0.15) is 0 Å². The van der Waals surface area contributed by atoms with Crippen molar-refractivity contribution in [2.24, 2.45) is 0 Å². The number of para-hydroxylation sites is 1. The SMILES string of the molecule is CCOCCOC(=O)Oc1ccccc1C. The average Bonchev–Trinajstić information content (AvgIpc) is 2.28. The van der Waals surface area contributed by atoms with Gasteiger partial charge in [0.25, 0.3) is 0 Å². The molecule has 0 spiro atoms. The van der Waals surface area contributed by atoms with Crippen molar-refractivity contribution in [3.05, 3.63) is 29.8 Å². The molecule has 0 heterocycles. The van der Waals surface area contributed by atoms with Crippen molar-refractivity contribution >= 4 is 6.16 Å². The lowest BCUT2D eigenvalue weighted by atomic mass is 10.2. The van der Waals surface area contributed by atoms with Gasteiger partial charge in [-0.25, -0.2) is 4.79 Å². The van der Waals surface area contributed by atoms with Crippen LogP contribution in [-0.2, 0) is 9.47 Å². The lowest BCUT2D eigenvalue weighted by Crippen LogP contribution is -2.14. The predicted molar refractivity (Wildman–Crippen MR) is 59.6 cm³/mol. The molecule has 0 bridgehead atoms. The third-order valence-corrected chi connectivity index (χ3v) is 1.94. The molecule has 0 radical (unpaired) electrons. The molecule has 0 aliphatic rings. The molecule has 1 aromatic carbocycles. The van der Waals surface area contributed by atoms with E-state index in [1.165, 1.54) is 0 Å². The summed E-state index contributed by atoms with van der Waals surface area (Å²) in [5, 5.41) is 0. The molecular weight excluding hydrogens is 208 g/mol. The first-order valence-electron chi connectivity index (χ1n) is 5.22. The third kappa shape index (κ3) is 4.31. The number of rotatable bonds is 5. The summed E-state index contributed by atoms with van der Waals surface area (Å²) in [7, 11) is 0. The maximum Gasteiger partial charge on any atom is 0.513 e. The maximum atomic E-state index is 11.2. The Bertz CT molecular complexity index is 336. The Labute approximate surface area is 95.1 Å². The summed E-state index contributed by atoms with van der Waals surface area (Å²) in [4.78, 5) is 11.2. The maximum absolute atomic E-state index is 11.2. The van der Waals surface area contributed by atoms with Crippen molar-refractivity contribution in [2.75, 3.05) is 19.8 Å². The molecule has 4 nitrogen and oxygen atoms in total. The first-order valence-corrected chi connectivity index (χ1v) is 5.22. The first-order chi connectivity index (χ1) is 7.74. The molecule has 1 aromatic rings. The Kier molecular flexibility index (Phi) is 5.36. The monoisotopic (exact) mass is 224 g/mol. The minimum atomic E-state index is -0.700. The molecule has 0 saturated carbocycles. The largest absolute Gasteiger partial charge is 0.513 e. The summed E-state index contributed by atoms with van der Waals surface area (Å²) in [5.74, 6) is 0.518. The first kappa shape index (κ1) is 12.5. The Morgan fingerprint density at radius 3 is 2.69 bits per heavy atom. The third-order valence-electron chi connectivity index (χ3n) is 1.94. The summed E-state index contributed by atoms with van der Waals surface area (Å²) in [6, 6.07) is 7.26. The molecule has 0 N–H and O–H groups in total. The van der Waals surface area contributed by atoms with E-state index in [9.17, 15) is 4.79 Å². The molecule has 0 unspecified atom stereocenters. The van der Waals surface area contributed by atoms with Crippen LogP contribution in [0, 0.1) is 6.92 Å². The van der Waals surface area contributed by atoms with E-state index in [-0.39, 0.29) is 6.61 Å². The standard InChI is InChI=1S/C12H16O4/c1-3-14-8-9-15-12(13)16-11-7-5-4-6-10(11)2/h4-7H,3,8-9H2,1-2H3. The highest BCUT2D eigenvalue weighted by Crippen LogP contribution is 2.16. The highest BCUT2D eigenvalue weighted by molar-refractivity contribution is 5.64. The molecule has 0 aliphatic carbocycles. The molecule has 0 aromatic heterocycles. The van der Waals surface area contributed by atoms with Gasteiger partial charge in [0.05, 0.1) is 6.61 Å². The smallest absolute Gasteiger partial charge is 0.432 e. The second-order valence-electron chi connectivity index (χ2n) is 3.16. The topological polar surface area (TPSA) is 44.8 Å². The van der Waals surface area contributed by atoms with Crippen LogP contribution in [-0.4, -0.2) is 26.0 Å². The number of carbonyl (C=O) groups excluding carboxylic acids is 1. The van der Waals surface area contributed by atoms with E-state index in [4.69, 9.17) is 14.2 Å². The zero-order chi connectivity index (χ0) is 11.8. The van der Waals surface area contributed by atoms with E-state index in [1.807, 2.05) is 26.0 Å². The van der Waals surface area contributed by atoms with Gasteiger partial charge >= 0.3 is 6.16 Å². The van der Waals surface area contributed by atoms with Crippen LogP contribution in [0.5, 0.6) is 5.75 Å². The van der Waals surface area contributed by atoms with Gasteiger partial charge in [-0.1, -0.05) is 18.2 Å². The van der Waals surface area contributed by atoms with Crippen molar-refractivity contribution in [3.8, 4) is 5.75 Å². The zero-order valence-corrected chi connectivity index (χ0v) is 9.56. The number of aryl methyl sites for hydroxylation is 1. The summed E-state index contributed by atoms with van der Waals surface area (Å²) < 4.78 is 14.9. The predicted octanol–water partition coefficient (Wildman–Crippen LogP) is 2.55. The quantitative estimate of drug-likeness (QED) is 0.438. The molecule has 0 atom stereocenters.